The van der Waals surface area contributed by atoms with E-state index in [1.807, 2.05) is 31.2 Å². The molecule has 0 unspecified atom stereocenters. The van der Waals surface area contributed by atoms with Crippen LogP contribution in [-0.2, 0) is 4.74 Å². The Balaban J connectivity index is 2.07. The molecule has 1 heterocycles. The molecule has 5 heteroatoms. The predicted molar refractivity (Wildman–Crippen MR) is 93.5 cm³/mol. The minimum Gasteiger partial charge on any atom is -0.444 e. The zero-order valence-corrected chi connectivity index (χ0v) is 15.0. The number of hydrogen-bond donors (Lipinski definition) is 0. The summed E-state index contributed by atoms with van der Waals surface area (Å²) in [6, 6.07) is 7.56. The van der Waals surface area contributed by atoms with E-state index >= 15 is 0 Å². The normalized spacial score (nSPS) is 18.5. The second-order valence-electron chi connectivity index (χ2n) is 7.16. The number of aryl methyl sites for hydroxylation is 1. The summed E-state index contributed by atoms with van der Waals surface area (Å²) in [5.41, 5.74) is 1.09. The van der Waals surface area contributed by atoms with Crippen LogP contribution in [-0.4, -0.2) is 35.6 Å². The van der Waals surface area contributed by atoms with Gasteiger partial charge in [0.1, 0.15) is 5.60 Å². The smallest absolute Gasteiger partial charge is 0.410 e. The van der Waals surface area contributed by atoms with E-state index < -0.39 is 24.2 Å². The standard InChI is InChI=1S/C20H23F2NO2/c1-15-7-5-8-16(13-15)9-6-10-17-11-12-23(14-20(17,21)22)18(24)25-19(2,3)4/h5,7-8,10,13H,11-12,14H2,1-4H3/b17-10+. The van der Waals surface area contributed by atoms with Crippen LogP contribution < -0.4 is 0 Å². The fourth-order valence-electron chi connectivity index (χ4n) is 2.45. The van der Waals surface area contributed by atoms with Gasteiger partial charge < -0.3 is 9.64 Å². The molecule has 1 amide bonds. The maximum atomic E-state index is 14.3. The first-order chi connectivity index (χ1) is 11.6. The van der Waals surface area contributed by atoms with Crippen LogP contribution in [0.2, 0.25) is 0 Å². The second-order valence-corrected chi connectivity index (χ2v) is 7.16. The highest BCUT2D eigenvalue weighted by Crippen LogP contribution is 2.32. The Morgan fingerprint density at radius 1 is 1.36 bits per heavy atom. The number of ether oxygens (including phenoxy) is 1. The number of carbonyl (C=O) groups excluding carboxylic acids is 1. The van der Waals surface area contributed by atoms with Gasteiger partial charge in [-0.1, -0.05) is 24.0 Å². The lowest BCUT2D eigenvalue weighted by atomic mass is 10.00. The molecule has 3 nitrogen and oxygen atoms in total. The first-order valence-corrected chi connectivity index (χ1v) is 8.20. The SMILES string of the molecule is Cc1cccc(C#C/C=C2\CCN(C(=O)OC(C)(C)C)CC2(F)F)c1. The molecule has 0 aromatic heterocycles. The summed E-state index contributed by atoms with van der Waals surface area (Å²) in [5, 5.41) is 0. The molecule has 1 aromatic rings. The van der Waals surface area contributed by atoms with Gasteiger partial charge in [-0.2, -0.15) is 8.78 Å². The number of alkyl halides is 2. The fourth-order valence-corrected chi connectivity index (χ4v) is 2.45. The molecule has 0 spiro atoms. The number of rotatable bonds is 0. The van der Waals surface area contributed by atoms with Crippen LogP contribution in [0.3, 0.4) is 0 Å². The Morgan fingerprint density at radius 3 is 2.68 bits per heavy atom. The zero-order chi connectivity index (χ0) is 18.7. The van der Waals surface area contributed by atoms with Gasteiger partial charge in [0.25, 0.3) is 5.92 Å². The third-order valence-corrected chi connectivity index (χ3v) is 3.64. The topological polar surface area (TPSA) is 29.5 Å². The van der Waals surface area contributed by atoms with E-state index in [0.717, 1.165) is 16.0 Å². The molecule has 2 rings (SSSR count). The fraction of sp³-hybridized carbons (Fsp3) is 0.450. The summed E-state index contributed by atoms with van der Waals surface area (Å²) >= 11 is 0. The monoisotopic (exact) mass is 347 g/mol. The van der Waals surface area contributed by atoms with Gasteiger partial charge in [-0.3, -0.25) is 0 Å². The van der Waals surface area contributed by atoms with E-state index in [-0.39, 0.29) is 18.5 Å². The van der Waals surface area contributed by atoms with Gasteiger partial charge in [-0.25, -0.2) is 4.79 Å². The minimum absolute atomic E-state index is 0.0486. The van der Waals surface area contributed by atoms with Crippen molar-refractivity contribution in [2.45, 2.75) is 45.6 Å². The largest absolute Gasteiger partial charge is 0.444 e. The number of allylic oxidation sites excluding steroid dienone is 1. The maximum Gasteiger partial charge on any atom is 0.410 e. The van der Waals surface area contributed by atoms with Gasteiger partial charge in [-0.15, -0.1) is 0 Å². The van der Waals surface area contributed by atoms with Crippen molar-refractivity contribution in [1.82, 2.24) is 4.90 Å². The van der Waals surface area contributed by atoms with E-state index in [1.165, 1.54) is 6.08 Å². The first kappa shape index (κ1) is 19.0. The summed E-state index contributed by atoms with van der Waals surface area (Å²) in [5.74, 6) is 2.48. The number of halogens is 2. The van der Waals surface area contributed by atoms with E-state index in [1.54, 1.807) is 20.8 Å². The molecule has 1 fully saturated rings. The quantitative estimate of drug-likeness (QED) is 0.645. The third-order valence-electron chi connectivity index (χ3n) is 3.64. The zero-order valence-electron chi connectivity index (χ0n) is 15.0. The van der Waals surface area contributed by atoms with E-state index in [4.69, 9.17) is 4.74 Å². The van der Waals surface area contributed by atoms with Gasteiger partial charge in [0, 0.05) is 17.7 Å². The molecule has 1 aromatic carbocycles. The highest BCUT2D eigenvalue weighted by molar-refractivity contribution is 5.68. The molecule has 0 bridgehead atoms. The van der Waals surface area contributed by atoms with Gasteiger partial charge in [0.05, 0.1) is 6.54 Å². The molecular formula is C20H23F2NO2. The molecule has 1 saturated heterocycles. The van der Waals surface area contributed by atoms with Crippen LogP contribution in [0.25, 0.3) is 0 Å². The van der Waals surface area contributed by atoms with Crippen LogP contribution in [0.15, 0.2) is 35.9 Å². The van der Waals surface area contributed by atoms with Crippen molar-refractivity contribution in [1.29, 1.82) is 0 Å². The summed E-state index contributed by atoms with van der Waals surface area (Å²) < 4.78 is 33.8. The van der Waals surface area contributed by atoms with Gasteiger partial charge in [0.2, 0.25) is 0 Å². The Labute approximate surface area is 147 Å². The molecule has 1 aliphatic heterocycles. The van der Waals surface area contributed by atoms with Crippen LogP contribution in [0.5, 0.6) is 0 Å². The molecular weight excluding hydrogens is 324 g/mol. The van der Waals surface area contributed by atoms with Crippen molar-refractivity contribution in [2.24, 2.45) is 0 Å². The number of carbonyl (C=O) groups is 1. The molecule has 0 saturated carbocycles. The number of hydrogen-bond acceptors (Lipinski definition) is 2. The number of amides is 1. The van der Waals surface area contributed by atoms with E-state index in [0.29, 0.717) is 0 Å². The molecule has 0 radical (unpaired) electrons. The molecule has 0 aliphatic carbocycles. The lowest BCUT2D eigenvalue weighted by Crippen LogP contribution is -2.48. The van der Waals surface area contributed by atoms with Crippen LogP contribution in [0.1, 0.15) is 38.3 Å². The number of benzene rings is 1. The Morgan fingerprint density at radius 2 is 2.08 bits per heavy atom. The van der Waals surface area contributed by atoms with Crippen molar-refractivity contribution in [3.8, 4) is 11.8 Å². The van der Waals surface area contributed by atoms with Gasteiger partial charge in [0.15, 0.2) is 0 Å². The third kappa shape index (κ3) is 5.60. The summed E-state index contributed by atoms with van der Waals surface area (Å²) in [4.78, 5) is 13.0. The van der Waals surface area contributed by atoms with Crippen LogP contribution >= 0.6 is 0 Å². The number of piperidine rings is 1. The lowest BCUT2D eigenvalue weighted by Gasteiger charge is -2.35. The summed E-state index contributed by atoms with van der Waals surface area (Å²) in [6.45, 7) is 6.59. The molecule has 134 valence electrons. The van der Waals surface area contributed by atoms with Gasteiger partial charge in [-0.05, 0) is 57.9 Å². The van der Waals surface area contributed by atoms with Crippen molar-refractivity contribution in [3.63, 3.8) is 0 Å². The summed E-state index contributed by atoms with van der Waals surface area (Å²) in [7, 11) is 0. The molecule has 0 atom stereocenters. The number of likely N-dealkylation sites (tertiary alicyclic amines) is 1. The molecule has 0 N–H and O–H groups in total. The van der Waals surface area contributed by atoms with Crippen molar-refractivity contribution in [2.75, 3.05) is 13.1 Å². The summed E-state index contributed by atoms with van der Waals surface area (Å²) in [6.07, 6.45) is 0.640. The first-order valence-electron chi connectivity index (χ1n) is 8.20. The van der Waals surface area contributed by atoms with Crippen molar-refractivity contribution >= 4 is 6.09 Å². The molecule has 1 aliphatic rings. The van der Waals surface area contributed by atoms with Crippen LogP contribution in [0, 0.1) is 18.8 Å². The maximum absolute atomic E-state index is 14.3. The molecule has 25 heavy (non-hydrogen) atoms. The second kappa shape index (κ2) is 7.26. The Bertz CT molecular complexity index is 736. The number of nitrogens with zero attached hydrogens (tertiary/aromatic N) is 1. The van der Waals surface area contributed by atoms with E-state index in [2.05, 4.69) is 11.8 Å². The van der Waals surface area contributed by atoms with Crippen molar-refractivity contribution < 1.29 is 18.3 Å². The van der Waals surface area contributed by atoms with E-state index in [9.17, 15) is 13.6 Å². The lowest BCUT2D eigenvalue weighted by molar-refractivity contribution is -0.0345. The Kier molecular flexibility index (Phi) is 5.52. The average molecular weight is 347 g/mol. The highest BCUT2D eigenvalue weighted by Gasteiger charge is 2.42. The van der Waals surface area contributed by atoms with Gasteiger partial charge >= 0.3 is 6.09 Å². The van der Waals surface area contributed by atoms with Crippen LogP contribution in [0.4, 0.5) is 13.6 Å². The minimum atomic E-state index is -3.10. The predicted octanol–water partition coefficient (Wildman–Crippen LogP) is 4.55. The average Bonchev–Trinajstić information content (AvgIpc) is 2.46. The Hall–Kier alpha value is -2.35. The highest BCUT2D eigenvalue weighted by atomic mass is 19.3. The van der Waals surface area contributed by atoms with Crippen molar-refractivity contribution in [3.05, 3.63) is 47.0 Å².